The van der Waals surface area contributed by atoms with E-state index < -0.39 is 0 Å². The Morgan fingerprint density at radius 2 is 2.17 bits per heavy atom. The molecule has 1 amide bonds. The number of likely N-dealkylation sites (tertiary alicyclic amines) is 1. The lowest BCUT2D eigenvalue weighted by molar-refractivity contribution is 0.0711. The maximum atomic E-state index is 13.0. The van der Waals surface area contributed by atoms with E-state index in [9.17, 15) is 4.79 Å². The standard InChI is InChI=1S/C18H24N4OS/c1-14-4-9-24-17(14)18(23)22-12-15(10-20-6-2-3-7-20)11-21-8-5-19-16(21)13-22/h4-5,8-9,15H,2-3,6-7,10-13H2,1H3/t15-/m1/s1. The van der Waals surface area contributed by atoms with Crippen molar-refractivity contribution in [1.29, 1.82) is 0 Å². The second-order valence-electron chi connectivity index (χ2n) is 6.99. The Bertz CT molecular complexity index is 716. The lowest BCUT2D eigenvalue weighted by Gasteiger charge is -2.27. The molecule has 2 aromatic heterocycles. The smallest absolute Gasteiger partial charge is 0.264 e. The number of amides is 1. The van der Waals surface area contributed by atoms with E-state index in [2.05, 4.69) is 20.6 Å². The maximum Gasteiger partial charge on any atom is 0.264 e. The molecule has 1 fully saturated rings. The van der Waals surface area contributed by atoms with Gasteiger partial charge in [0.1, 0.15) is 5.82 Å². The minimum absolute atomic E-state index is 0.158. The number of rotatable bonds is 3. The van der Waals surface area contributed by atoms with Crippen LogP contribution in [0.5, 0.6) is 0 Å². The molecule has 0 radical (unpaired) electrons. The van der Waals surface area contributed by atoms with Crippen LogP contribution in [0.15, 0.2) is 23.8 Å². The first-order valence-corrected chi connectivity index (χ1v) is 9.64. The molecule has 5 nitrogen and oxygen atoms in total. The number of nitrogens with zero attached hydrogens (tertiary/aromatic N) is 4. The molecule has 2 aliphatic heterocycles. The second-order valence-corrected chi connectivity index (χ2v) is 7.90. The van der Waals surface area contributed by atoms with Crippen molar-refractivity contribution in [3.8, 4) is 0 Å². The van der Waals surface area contributed by atoms with Gasteiger partial charge in [0.2, 0.25) is 0 Å². The number of hydrogen-bond acceptors (Lipinski definition) is 4. The van der Waals surface area contributed by atoms with Crippen LogP contribution in [0, 0.1) is 12.8 Å². The Balaban J connectivity index is 1.57. The number of carbonyl (C=O) groups excluding carboxylic acids is 1. The maximum absolute atomic E-state index is 13.0. The molecule has 0 unspecified atom stereocenters. The zero-order chi connectivity index (χ0) is 16.5. The van der Waals surface area contributed by atoms with Gasteiger partial charge in [-0.2, -0.15) is 0 Å². The van der Waals surface area contributed by atoms with E-state index in [0.29, 0.717) is 12.5 Å². The summed E-state index contributed by atoms with van der Waals surface area (Å²) >= 11 is 1.55. The number of hydrogen-bond donors (Lipinski definition) is 0. The van der Waals surface area contributed by atoms with Gasteiger partial charge in [0.05, 0.1) is 11.4 Å². The first-order chi connectivity index (χ1) is 11.7. The van der Waals surface area contributed by atoms with E-state index in [-0.39, 0.29) is 5.91 Å². The number of imidazole rings is 1. The summed E-state index contributed by atoms with van der Waals surface area (Å²) in [5, 5.41) is 2.00. The van der Waals surface area contributed by atoms with Gasteiger partial charge < -0.3 is 14.4 Å². The zero-order valence-corrected chi connectivity index (χ0v) is 15.0. The lowest BCUT2D eigenvalue weighted by atomic mass is 10.1. The van der Waals surface area contributed by atoms with Crippen LogP contribution in [0.25, 0.3) is 0 Å². The summed E-state index contributed by atoms with van der Waals surface area (Å²) in [5.41, 5.74) is 1.08. The molecule has 128 valence electrons. The normalized spacial score (nSPS) is 21.7. The van der Waals surface area contributed by atoms with Crippen LogP contribution >= 0.6 is 11.3 Å². The molecule has 4 rings (SSSR count). The monoisotopic (exact) mass is 344 g/mol. The van der Waals surface area contributed by atoms with E-state index in [0.717, 1.165) is 35.9 Å². The predicted molar refractivity (Wildman–Crippen MR) is 95.2 cm³/mol. The van der Waals surface area contributed by atoms with Gasteiger partial charge in [-0.1, -0.05) is 0 Å². The van der Waals surface area contributed by atoms with E-state index in [4.69, 9.17) is 0 Å². The van der Waals surface area contributed by atoms with Gasteiger partial charge in [-0.25, -0.2) is 4.98 Å². The van der Waals surface area contributed by atoms with Gasteiger partial charge in [0.15, 0.2) is 0 Å². The van der Waals surface area contributed by atoms with Crippen molar-refractivity contribution in [3.05, 3.63) is 40.1 Å². The minimum Gasteiger partial charge on any atom is -0.333 e. The van der Waals surface area contributed by atoms with Crippen LogP contribution in [0.1, 0.15) is 33.9 Å². The fraction of sp³-hybridized carbons (Fsp3) is 0.556. The van der Waals surface area contributed by atoms with Crippen molar-refractivity contribution in [2.45, 2.75) is 32.9 Å². The third-order valence-electron chi connectivity index (χ3n) is 5.13. The Morgan fingerprint density at radius 3 is 2.92 bits per heavy atom. The summed E-state index contributed by atoms with van der Waals surface area (Å²) in [5.74, 6) is 1.62. The molecule has 1 saturated heterocycles. The fourth-order valence-electron chi connectivity index (χ4n) is 3.88. The average Bonchev–Trinajstić information content (AvgIpc) is 3.28. The number of carbonyl (C=O) groups is 1. The quantitative estimate of drug-likeness (QED) is 0.859. The highest BCUT2D eigenvalue weighted by Gasteiger charge is 2.29. The summed E-state index contributed by atoms with van der Waals surface area (Å²) in [6.45, 7) is 7.88. The Hall–Kier alpha value is -1.66. The van der Waals surface area contributed by atoms with E-state index >= 15 is 0 Å². The van der Waals surface area contributed by atoms with Crippen molar-refractivity contribution >= 4 is 17.2 Å². The third-order valence-corrected chi connectivity index (χ3v) is 6.13. The van der Waals surface area contributed by atoms with Crippen LogP contribution < -0.4 is 0 Å². The molecule has 0 saturated carbocycles. The summed E-state index contributed by atoms with van der Waals surface area (Å²) in [6, 6.07) is 2.03. The largest absolute Gasteiger partial charge is 0.333 e. The molecular formula is C18H24N4OS. The topological polar surface area (TPSA) is 41.4 Å². The van der Waals surface area contributed by atoms with Gasteiger partial charge in [-0.3, -0.25) is 4.79 Å². The number of fused-ring (bicyclic) bond motifs is 1. The van der Waals surface area contributed by atoms with Gasteiger partial charge in [-0.05, 0) is 49.9 Å². The molecule has 0 aromatic carbocycles. The Morgan fingerprint density at radius 1 is 1.33 bits per heavy atom. The summed E-state index contributed by atoms with van der Waals surface area (Å²) < 4.78 is 2.23. The molecule has 24 heavy (non-hydrogen) atoms. The highest BCUT2D eigenvalue weighted by atomic mass is 32.1. The average molecular weight is 344 g/mol. The van der Waals surface area contributed by atoms with E-state index in [1.807, 2.05) is 29.5 Å². The summed E-state index contributed by atoms with van der Waals surface area (Å²) in [6.07, 6.45) is 6.52. The van der Waals surface area contributed by atoms with Crippen molar-refractivity contribution in [2.24, 2.45) is 5.92 Å². The predicted octanol–water partition coefficient (Wildman–Crippen LogP) is 2.62. The van der Waals surface area contributed by atoms with Gasteiger partial charge >= 0.3 is 0 Å². The van der Waals surface area contributed by atoms with Crippen LogP contribution in [-0.2, 0) is 13.1 Å². The highest BCUT2D eigenvalue weighted by molar-refractivity contribution is 7.12. The number of aromatic nitrogens is 2. The molecule has 0 aliphatic carbocycles. The van der Waals surface area contributed by atoms with Gasteiger partial charge in [0, 0.05) is 37.9 Å². The zero-order valence-electron chi connectivity index (χ0n) is 14.1. The lowest BCUT2D eigenvalue weighted by Crippen LogP contribution is -2.38. The number of thiophene rings is 1. The Kier molecular flexibility index (Phi) is 4.41. The van der Waals surface area contributed by atoms with Crippen LogP contribution in [0.4, 0.5) is 0 Å². The highest BCUT2D eigenvalue weighted by Crippen LogP contribution is 2.23. The molecule has 1 atom stereocenters. The van der Waals surface area contributed by atoms with Crippen molar-refractivity contribution in [1.82, 2.24) is 19.4 Å². The minimum atomic E-state index is 0.158. The summed E-state index contributed by atoms with van der Waals surface area (Å²) in [7, 11) is 0. The van der Waals surface area contributed by atoms with Crippen molar-refractivity contribution in [3.63, 3.8) is 0 Å². The molecule has 4 heterocycles. The van der Waals surface area contributed by atoms with E-state index in [1.54, 1.807) is 11.3 Å². The fourth-order valence-corrected chi connectivity index (χ4v) is 4.77. The van der Waals surface area contributed by atoms with Crippen LogP contribution in [-0.4, -0.2) is 51.4 Å². The first-order valence-electron chi connectivity index (χ1n) is 8.76. The third kappa shape index (κ3) is 3.13. The number of aryl methyl sites for hydroxylation is 1. The molecule has 2 aliphatic rings. The first kappa shape index (κ1) is 15.8. The van der Waals surface area contributed by atoms with E-state index in [1.165, 1.54) is 25.9 Å². The summed E-state index contributed by atoms with van der Waals surface area (Å²) in [4.78, 5) is 22.9. The van der Waals surface area contributed by atoms with Crippen molar-refractivity contribution < 1.29 is 4.79 Å². The molecule has 0 bridgehead atoms. The van der Waals surface area contributed by atoms with Crippen LogP contribution in [0.3, 0.4) is 0 Å². The molecular weight excluding hydrogens is 320 g/mol. The van der Waals surface area contributed by atoms with Gasteiger partial charge in [0.25, 0.3) is 5.91 Å². The molecule has 0 N–H and O–H groups in total. The second kappa shape index (κ2) is 6.69. The molecule has 0 spiro atoms. The molecule has 6 heteroatoms. The van der Waals surface area contributed by atoms with Crippen molar-refractivity contribution in [2.75, 3.05) is 26.2 Å². The molecule has 2 aromatic rings. The van der Waals surface area contributed by atoms with Gasteiger partial charge in [-0.15, -0.1) is 11.3 Å². The Labute approximate surface area is 146 Å². The SMILES string of the molecule is Cc1ccsc1C(=O)N1Cc2nccn2C[C@@H](CN2CCCC2)C1. The van der Waals surface area contributed by atoms with Crippen LogP contribution in [0.2, 0.25) is 0 Å².